The lowest BCUT2D eigenvalue weighted by Crippen LogP contribution is -2.22. The molecule has 0 fully saturated rings. The van der Waals surface area contributed by atoms with Gasteiger partial charge in [-0.2, -0.15) is 0 Å². The van der Waals surface area contributed by atoms with E-state index in [9.17, 15) is 14.5 Å². The number of hydrogen-bond acceptors (Lipinski definition) is 3. The third kappa shape index (κ3) is 1.78. The lowest BCUT2D eigenvalue weighted by atomic mass is 10.2. The predicted molar refractivity (Wildman–Crippen MR) is 64.9 cm³/mol. The summed E-state index contributed by atoms with van der Waals surface area (Å²) in [6, 6.07) is 2.13. The lowest BCUT2D eigenvalue weighted by molar-refractivity contribution is -0.462. The van der Waals surface area contributed by atoms with Gasteiger partial charge in [0.2, 0.25) is 0 Å². The normalized spacial score (nSPS) is 10.9. The quantitative estimate of drug-likeness (QED) is 0.789. The van der Waals surface area contributed by atoms with Crippen LogP contribution in [-0.2, 0) is 0 Å². The average molecular weight is 273 g/mol. The maximum atomic E-state index is 13.6. The Morgan fingerprint density at radius 1 is 1.56 bits per heavy atom. The van der Waals surface area contributed by atoms with Crippen molar-refractivity contribution in [3.05, 3.63) is 38.9 Å². The summed E-state index contributed by atoms with van der Waals surface area (Å²) >= 11 is 5.69. The highest BCUT2D eigenvalue weighted by molar-refractivity contribution is 6.29. The Labute approximate surface area is 107 Å². The van der Waals surface area contributed by atoms with E-state index in [4.69, 9.17) is 16.3 Å². The van der Waals surface area contributed by atoms with Crippen molar-refractivity contribution in [2.45, 2.75) is 13.8 Å². The van der Waals surface area contributed by atoms with Gasteiger partial charge in [0.15, 0.2) is 11.6 Å². The van der Waals surface area contributed by atoms with Crippen molar-refractivity contribution in [1.29, 1.82) is 0 Å². The Hall–Kier alpha value is -1.82. The number of benzene rings is 1. The summed E-state index contributed by atoms with van der Waals surface area (Å²) < 4.78 is 19.5. The minimum Gasteiger partial charge on any atom is -0.805 e. The molecule has 0 bridgehead atoms. The maximum absolute atomic E-state index is 13.6. The minimum atomic E-state index is -0.714. The molecule has 0 aliphatic rings. The summed E-state index contributed by atoms with van der Waals surface area (Å²) in [5.74, 6) is -0.787. The van der Waals surface area contributed by atoms with Crippen LogP contribution >= 0.6 is 11.6 Å². The number of fused-ring (bicyclic) bond motifs is 1. The molecule has 2 rings (SSSR count). The second-order valence-corrected chi connectivity index (χ2v) is 4.03. The van der Waals surface area contributed by atoms with Gasteiger partial charge in [0.05, 0.1) is 17.1 Å². The van der Waals surface area contributed by atoms with Crippen LogP contribution < -0.4 is 9.16 Å². The van der Waals surface area contributed by atoms with Gasteiger partial charge in [-0.25, -0.2) is 4.39 Å². The van der Waals surface area contributed by atoms with E-state index in [0.717, 1.165) is 6.07 Å². The van der Waals surface area contributed by atoms with Crippen LogP contribution in [-0.4, -0.2) is 11.3 Å². The third-order valence-electron chi connectivity index (χ3n) is 2.55. The largest absolute Gasteiger partial charge is 0.805 e. The third-order valence-corrected chi connectivity index (χ3v) is 2.98. The van der Waals surface area contributed by atoms with E-state index in [1.165, 1.54) is 13.0 Å². The smallest absolute Gasteiger partial charge is 0.350 e. The first-order chi connectivity index (χ1) is 8.47. The molecule has 7 heteroatoms. The zero-order valence-corrected chi connectivity index (χ0v) is 10.5. The monoisotopic (exact) mass is 272 g/mol. The summed E-state index contributed by atoms with van der Waals surface area (Å²) in [5, 5.41) is 11.6. The van der Waals surface area contributed by atoms with Crippen molar-refractivity contribution in [3.63, 3.8) is 0 Å². The van der Waals surface area contributed by atoms with Gasteiger partial charge in [-0.15, -0.1) is 0 Å². The van der Waals surface area contributed by atoms with Gasteiger partial charge < -0.3 is 14.7 Å². The molecule has 96 valence electrons. The van der Waals surface area contributed by atoms with E-state index in [1.807, 2.05) is 0 Å². The predicted octanol–water partition coefficient (Wildman–Crippen LogP) is 2.40. The van der Waals surface area contributed by atoms with Crippen molar-refractivity contribution in [1.82, 2.24) is 4.73 Å². The first-order valence-electron chi connectivity index (χ1n) is 5.24. The van der Waals surface area contributed by atoms with Crippen LogP contribution in [0.1, 0.15) is 12.6 Å². The van der Waals surface area contributed by atoms with Gasteiger partial charge >= 0.3 is 5.15 Å². The number of nitrogens with zero attached hydrogens (tertiary/aromatic N) is 2. The maximum Gasteiger partial charge on any atom is 0.350 e. The lowest BCUT2D eigenvalue weighted by Gasteiger charge is -2.15. The highest BCUT2D eigenvalue weighted by atomic mass is 35.5. The summed E-state index contributed by atoms with van der Waals surface area (Å²) in [6.07, 6.45) is 0. The molecule has 0 saturated heterocycles. The van der Waals surface area contributed by atoms with E-state index in [0.29, 0.717) is 9.16 Å². The standard InChI is InChI=1S/C11H10ClFN2O3/c1-3-18-10-5-9-8(4-7(10)13)15(17)11(12)6(2)14(9)16/h4-5H,3H2,1-2H3. The van der Waals surface area contributed by atoms with Crippen LogP contribution in [0, 0.1) is 22.9 Å². The van der Waals surface area contributed by atoms with Crippen LogP contribution in [0.3, 0.4) is 0 Å². The van der Waals surface area contributed by atoms with Crippen LogP contribution in [0.4, 0.5) is 4.39 Å². The Morgan fingerprint density at radius 2 is 2.22 bits per heavy atom. The minimum absolute atomic E-state index is 0.0109. The molecular weight excluding hydrogens is 263 g/mol. The van der Waals surface area contributed by atoms with Crippen LogP contribution in [0.15, 0.2) is 12.1 Å². The zero-order valence-electron chi connectivity index (χ0n) is 9.74. The number of halogens is 2. The summed E-state index contributed by atoms with van der Waals surface area (Å²) in [5.41, 5.74) is -0.0773. The number of ether oxygens (including phenoxy) is 1. The van der Waals surface area contributed by atoms with E-state index >= 15 is 0 Å². The van der Waals surface area contributed by atoms with Gasteiger partial charge in [0.1, 0.15) is 11.2 Å². The van der Waals surface area contributed by atoms with E-state index in [-0.39, 0.29) is 34.2 Å². The Kier molecular flexibility index (Phi) is 3.13. The molecule has 1 heterocycles. The second-order valence-electron chi connectivity index (χ2n) is 3.67. The first kappa shape index (κ1) is 12.6. The molecule has 2 aromatic rings. The molecule has 0 atom stereocenters. The summed E-state index contributed by atoms with van der Waals surface area (Å²) in [7, 11) is 0. The van der Waals surface area contributed by atoms with Gasteiger partial charge in [0, 0.05) is 11.0 Å². The number of aromatic nitrogens is 2. The molecule has 1 aromatic heterocycles. The Bertz CT molecular complexity index is 684. The van der Waals surface area contributed by atoms with E-state index in [1.54, 1.807) is 6.92 Å². The fourth-order valence-corrected chi connectivity index (χ4v) is 1.81. The van der Waals surface area contributed by atoms with E-state index < -0.39 is 5.82 Å². The summed E-state index contributed by atoms with van der Waals surface area (Å²) in [6.45, 7) is 3.36. The highest BCUT2D eigenvalue weighted by Gasteiger charge is 2.20. The van der Waals surface area contributed by atoms with Gasteiger partial charge in [-0.3, -0.25) is 0 Å². The van der Waals surface area contributed by atoms with Crippen molar-refractivity contribution >= 4 is 22.6 Å². The molecular formula is C11H10ClFN2O3. The molecule has 18 heavy (non-hydrogen) atoms. The number of hydrogen-bond donors (Lipinski definition) is 0. The first-order valence-corrected chi connectivity index (χ1v) is 5.62. The molecule has 0 amide bonds. The van der Waals surface area contributed by atoms with Crippen LogP contribution in [0.25, 0.3) is 11.0 Å². The topological polar surface area (TPSA) is 60.2 Å². The molecule has 0 saturated carbocycles. The molecule has 0 aliphatic heterocycles. The van der Waals surface area contributed by atoms with Crippen molar-refractivity contribution in [3.8, 4) is 5.75 Å². The molecule has 0 radical (unpaired) electrons. The zero-order chi connectivity index (χ0) is 13.4. The molecule has 0 N–H and O–H groups in total. The molecule has 5 nitrogen and oxygen atoms in total. The van der Waals surface area contributed by atoms with E-state index in [2.05, 4.69) is 0 Å². The average Bonchev–Trinajstić information content (AvgIpc) is 2.36. The fourth-order valence-electron chi connectivity index (χ4n) is 1.64. The Morgan fingerprint density at radius 3 is 2.83 bits per heavy atom. The summed E-state index contributed by atoms with van der Waals surface area (Å²) in [4.78, 5) is 11.7. The second kappa shape index (κ2) is 4.45. The van der Waals surface area contributed by atoms with Crippen molar-refractivity contribution in [2.75, 3.05) is 6.61 Å². The van der Waals surface area contributed by atoms with Crippen LogP contribution in [0.5, 0.6) is 5.75 Å². The number of rotatable bonds is 2. The van der Waals surface area contributed by atoms with Gasteiger partial charge in [0.25, 0.3) is 5.52 Å². The van der Waals surface area contributed by atoms with Crippen LogP contribution in [0.2, 0.25) is 5.15 Å². The molecule has 0 unspecified atom stereocenters. The van der Waals surface area contributed by atoms with Crippen molar-refractivity contribution < 1.29 is 13.6 Å². The molecule has 1 aromatic carbocycles. The van der Waals surface area contributed by atoms with Crippen molar-refractivity contribution in [2.24, 2.45) is 0 Å². The SMILES string of the molecule is CCOc1cc2c(cc1F)[n+](=O)c(Cl)c(C)n2[O-]. The van der Waals surface area contributed by atoms with Gasteiger partial charge in [-0.05, 0) is 25.4 Å². The fraction of sp³-hybridized carbons (Fsp3) is 0.273. The molecule has 0 spiro atoms. The molecule has 0 aliphatic carbocycles. The van der Waals surface area contributed by atoms with Gasteiger partial charge in [-0.1, -0.05) is 0 Å². The highest BCUT2D eigenvalue weighted by Crippen LogP contribution is 2.25. The Balaban J connectivity index is 2.90.